The zero-order valence-corrected chi connectivity index (χ0v) is 7.99. The van der Waals surface area contributed by atoms with E-state index < -0.39 is 18.9 Å². The third-order valence-electron chi connectivity index (χ3n) is 1.45. The van der Waals surface area contributed by atoms with Gasteiger partial charge in [0, 0.05) is 18.9 Å². The number of halogens is 3. The maximum absolute atomic E-state index is 11.5. The van der Waals surface area contributed by atoms with Gasteiger partial charge >= 0.3 is 6.36 Å². The summed E-state index contributed by atoms with van der Waals surface area (Å²) in [6.45, 7) is -0.898. The number of hydrogen-bond donors (Lipinski definition) is 1. The Morgan fingerprint density at radius 2 is 2.19 bits per heavy atom. The van der Waals surface area contributed by atoms with E-state index >= 15 is 0 Å². The van der Waals surface area contributed by atoms with Crippen molar-refractivity contribution in [3.63, 3.8) is 0 Å². The van der Waals surface area contributed by atoms with E-state index in [1.54, 1.807) is 0 Å². The third-order valence-corrected chi connectivity index (χ3v) is 1.45. The van der Waals surface area contributed by atoms with E-state index in [0.29, 0.717) is 0 Å². The van der Waals surface area contributed by atoms with Crippen LogP contribution in [0.3, 0.4) is 0 Å². The second-order valence-electron chi connectivity index (χ2n) is 2.64. The molecule has 0 unspecified atom stereocenters. The molecular formula is C8H8F3N3O2. The van der Waals surface area contributed by atoms with Gasteiger partial charge in [-0.1, -0.05) is 0 Å². The number of alkyl halides is 3. The highest BCUT2D eigenvalue weighted by Gasteiger charge is 2.28. The molecule has 1 aromatic heterocycles. The molecule has 0 saturated heterocycles. The molecule has 0 radical (unpaired) electrons. The van der Waals surface area contributed by atoms with Gasteiger partial charge in [0.15, 0.2) is 0 Å². The fourth-order valence-corrected chi connectivity index (χ4v) is 0.838. The first kappa shape index (κ1) is 12.4. The number of nitrogens with one attached hydrogen (secondary N) is 1. The highest BCUT2D eigenvalue weighted by atomic mass is 19.4. The quantitative estimate of drug-likeness (QED) is 0.782. The number of aromatic nitrogens is 2. The molecule has 0 saturated carbocycles. The van der Waals surface area contributed by atoms with Crippen molar-refractivity contribution in [3.8, 4) is 0 Å². The van der Waals surface area contributed by atoms with Gasteiger partial charge in [-0.05, 0) is 0 Å². The van der Waals surface area contributed by atoms with Crippen LogP contribution >= 0.6 is 0 Å². The molecule has 16 heavy (non-hydrogen) atoms. The number of carbonyl (C=O) groups excluding carboxylic acids is 1. The maximum Gasteiger partial charge on any atom is 0.522 e. The Labute approximate surface area is 88.7 Å². The molecular weight excluding hydrogens is 227 g/mol. The third kappa shape index (κ3) is 4.69. The number of ether oxygens (including phenoxy) is 1. The van der Waals surface area contributed by atoms with Crippen LogP contribution in [0.25, 0.3) is 0 Å². The number of carbonyl (C=O) groups is 1. The van der Waals surface area contributed by atoms with E-state index in [-0.39, 0.29) is 12.2 Å². The van der Waals surface area contributed by atoms with Gasteiger partial charge in [-0.25, -0.2) is 4.98 Å². The fraction of sp³-hybridized carbons (Fsp3) is 0.375. The summed E-state index contributed by atoms with van der Waals surface area (Å²) >= 11 is 0. The predicted molar refractivity (Wildman–Crippen MR) is 46.4 cm³/mol. The highest BCUT2D eigenvalue weighted by molar-refractivity contribution is 5.91. The van der Waals surface area contributed by atoms with Gasteiger partial charge in [0.2, 0.25) is 0 Å². The van der Waals surface area contributed by atoms with E-state index in [0.717, 1.165) is 0 Å². The molecule has 88 valence electrons. The van der Waals surface area contributed by atoms with Crippen molar-refractivity contribution in [2.45, 2.75) is 6.36 Å². The molecule has 8 heteroatoms. The molecule has 0 aliphatic rings. The van der Waals surface area contributed by atoms with Gasteiger partial charge < -0.3 is 5.32 Å². The van der Waals surface area contributed by atoms with E-state index in [9.17, 15) is 18.0 Å². The Hall–Kier alpha value is -1.70. The lowest BCUT2D eigenvalue weighted by Gasteiger charge is -2.07. The molecule has 1 aromatic rings. The normalized spacial score (nSPS) is 11.2. The van der Waals surface area contributed by atoms with Crippen LogP contribution in [0.4, 0.5) is 13.2 Å². The summed E-state index contributed by atoms with van der Waals surface area (Å²) in [5, 5.41) is 2.21. The van der Waals surface area contributed by atoms with Crippen molar-refractivity contribution in [3.05, 3.63) is 24.3 Å². The van der Waals surface area contributed by atoms with E-state index in [4.69, 9.17) is 0 Å². The summed E-state index contributed by atoms with van der Waals surface area (Å²) < 4.78 is 38.1. The van der Waals surface area contributed by atoms with Gasteiger partial charge in [-0.2, -0.15) is 0 Å². The molecule has 0 aliphatic carbocycles. The Kier molecular flexibility index (Phi) is 4.18. The summed E-state index contributed by atoms with van der Waals surface area (Å²) in [5.41, 5.74) is 0.0366. The summed E-state index contributed by atoms with van der Waals surface area (Å²) in [6, 6.07) is 0. The molecule has 1 heterocycles. The van der Waals surface area contributed by atoms with E-state index in [1.807, 2.05) is 0 Å². The molecule has 1 amide bonds. The zero-order valence-electron chi connectivity index (χ0n) is 7.99. The standard InChI is InChI=1S/C8H8F3N3O2/c9-8(10,11)16-4-3-14-7(15)6-5-12-1-2-13-6/h1-2,5H,3-4H2,(H,14,15). The fourth-order valence-electron chi connectivity index (χ4n) is 0.838. The van der Waals surface area contributed by atoms with Crippen molar-refractivity contribution in [2.24, 2.45) is 0 Å². The highest BCUT2D eigenvalue weighted by Crippen LogP contribution is 2.15. The SMILES string of the molecule is O=C(NCCOC(F)(F)F)c1cnccn1. The summed E-state index contributed by atoms with van der Waals surface area (Å²) in [5.74, 6) is -0.598. The van der Waals surface area contributed by atoms with Gasteiger partial charge in [0.05, 0.1) is 12.8 Å². The van der Waals surface area contributed by atoms with Crippen LogP contribution in [0.5, 0.6) is 0 Å². The maximum atomic E-state index is 11.5. The number of nitrogens with zero attached hydrogens (tertiary/aromatic N) is 2. The van der Waals surface area contributed by atoms with Crippen LogP contribution in [0.1, 0.15) is 10.5 Å². The number of rotatable bonds is 4. The first-order chi connectivity index (χ1) is 7.49. The predicted octanol–water partition coefficient (Wildman–Crippen LogP) is 0.743. The Morgan fingerprint density at radius 1 is 1.44 bits per heavy atom. The van der Waals surface area contributed by atoms with Crippen molar-refractivity contribution in [2.75, 3.05) is 13.2 Å². The lowest BCUT2D eigenvalue weighted by Crippen LogP contribution is -2.30. The molecule has 1 rings (SSSR count). The average molecular weight is 235 g/mol. The van der Waals surface area contributed by atoms with Crippen LogP contribution in [0.2, 0.25) is 0 Å². The first-order valence-electron chi connectivity index (χ1n) is 4.24. The molecule has 0 fully saturated rings. The van der Waals surface area contributed by atoms with Crippen molar-refractivity contribution >= 4 is 5.91 Å². The Morgan fingerprint density at radius 3 is 2.75 bits per heavy atom. The lowest BCUT2D eigenvalue weighted by molar-refractivity contribution is -0.323. The number of hydrogen-bond acceptors (Lipinski definition) is 4. The van der Waals surface area contributed by atoms with Gasteiger partial charge in [0.25, 0.3) is 5.91 Å². The minimum Gasteiger partial charge on any atom is -0.348 e. The molecule has 0 spiro atoms. The smallest absolute Gasteiger partial charge is 0.348 e. The van der Waals surface area contributed by atoms with Crippen molar-refractivity contribution < 1.29 is 22.7 Å². The topological polar surface area (TPSA) is 64.1 Å². The molecule has 0 bridgehead atoms. The van der Waals surface area contributed by atoms with Crippen LogP contribution in [-0.2, 0) is 4.74 Å². The van der Waals surface area contributed by atoms with Crippen LogP contribution < -0.4 is 5.32 Å². The van der Waals surface area contributed by atoms with Gasteiger partial charge in [0.1, 0.15) is 5.69 Å². The molecule has 5 nitrogen and oxygen atoms in total. The van der Waals surface area contributed by atoms with Crippen molar-refractivity contribution in [1.29, 1.82) is 0 Å². The lowest BCUT2D eigenvalue weighted by atomic mass is 10.4. The van der Waals surface area contributed by atoms with E-state index in [2.05, 4.69) is 20.0 Å². The average Bonchev–Trinajstić information content (AvgIpc) is 2.24. The minimum absolute atomic E-state index is 0.0366. The van der Waals surface area contributed by atoms with Crippen LogP contribution in [-0.4, -0.2) is 35.4 Å². The second-order valence-corrected chi connectivity index (χ2v) is 2.64. The second kappa shape index (κ2) is 5.40. The summed E-state index contributed by atoms with van der Waals surface area (Å²) in [7, 11) is 0. The zero-order chi connectivity index (χ0) is 12.0. The first-order valence-corrected chi connectivity index (χ1v) is 4.24. The monoisotopic (exact) mass is 235 g/mol. The summed E-state index contributed by atoms with van der Waals surface area (Å²) in [6.07, 6.45) is -0.790. The Balaban J connectivity index is 2.27. The van der Waals surface area contributed by atoms with Crippen LogP contribution in [0, 0.1) is 0 Å². The molecule has 1 N–H and O–H groups in total. The van der Waals surface area contributed by atoms with Gasteiger partial charge in [-0.3, -0.25) is 14.5 Å². The Bertz CT molecular complexity index is 342. The molecule has 0 aromatic carbocycles. The van der Waals surface area contributed by atoms with E-state index in [1.165, 1.54) is 18.6 Å². The van der Waals surface area contributed by atoms with Crippen LogP contribution in [0.15, 0.2) is 18.6 Å². The van der Waals surface area contributed by atoms with Gasteiger partial charge in [-0.15, -0.1) is 13.2 Å². The van der Waals surface area contributed by atoms with Crippen molar-refractivity contribution in [1.82, 2.24) is 15.3 Å². The number of amides is 1. The molecule has 0 atom stereocenters. The largest absolute Gasteiger partial charge is 0.522 e. The molecule has 0 aliphatic heterocycles. The summed E-state index contributed by atoms with van der Waals surface area (Å²) in [4.78, 5) is 18.5. The minimum atomic E-state index is -4.68.